The van der Waals surface area contributed by atoms with E-state index in [-0.39, 0.29) is 11.4 Å². The van der Waals surface area contributed by atoms with E-state index in [2.05, 4.69) is 42.0 Å². The van der Waals surface area contributed by atoms with Gasteiger partial charge in [0.05, 0.1) is 11.1 Å². The van der Waals surface area contributed by atoms with Gasteiger partial charge in [0, 0.05) is 61.8 Å². The Kier molecular flexibility index (Phi) is 6.61. The topological polar surface area (TPSA) is 104 Å². The van der Waals surface area contributed by atoms with Crippen molar-refractivity contribution in [1.82, 2.24) is 24.3 Å². The van der Waals surface area contributed by atoms with Crippen molar-refractivity contribution in [3.8, 4) is 11.1 Å². The van der Waals surface area contributed by atoms with Crippen molar-refractivity contribution in [2.45, 2.75) is 25.4 Å². The Morgan fingerprint density at radius 2 is 1.82 bits per heavy atom. The van der Waals surface area contributed by atoms with Crippen molar-refractivity contribution >= 4 is 34.3 Å². The number of urea groups is 1. The number of rotatable bonds is 6. The lowest BCUT2D eigenvalue weighted by molar-refractivity contribution is 0.147. The molecule has 9 nitrogen and oxygen atoms in total. The molecule has 3 heterocycles. The number of fused-ring (bicyclic) bond motifs is 1. The lowest BCUT2D eigenvalue weighted by Gasteiger charge is -2.32. The number of carbonyl (C=O) groups excluding carboxylic acids is 1. The predicted molar refractivity (Wildman–Crippen MR) is 147 cm³/mol. The van der Waals surface area contributed by atoms with Crippen molar-refractivity contribution in [2.75, 3.05) is 49.6 Å². The van der Waals surface area contributed by atoms with Crippen LogP contribution in [0.4, 0.5) is 30.8 Å². The summed E-state index contributed by atoms with van der Waals surface area (Å²) < 4.78 is 31.9. The van der Waals surface area contributed by atoms with Crippen molar-refractivity contribution < 1.29 is 13.6 Å². The molecule has 4 N–H and O–H groups in total. The summed E-state index contributed by atoms with van der Waals surface area (Å²) in [6.45, 7) is 4.18. The van der Waals surface area contributed by atoms with Gasteiger partial charge in [0.1, 0.15) is 29.4 Å². The summed E-state index contributed by atoms with van der Waals surface area (Å²) in [4.78, 5) is 25.5. The van der Waals surface area contributed by atoms with Crippen LogP contribution in [0.2, 0.25) is 0 Å². The fraction of sp³-hybridized carbons (Fsp3) is 0.321. The molecule has 2 amide bonds. The molecular formula is C28H30F2N8O. The van der Waals surface area contributed by atoms with Gasteiger partial charge in [0.2, 0.25) is 0 Å². The highest BCUT2D eigenvalue weighted by Crippen LogP contribution is 2.42. The lowest BCUT2D eigenvalue weighted by atomic mass is 10.1. The first-order chi connectivity index (χ1) is 18.9. The van der Waals surface area contributed by atoms with E-state index in [4.69, 9.17) is 5.73 Å². The lowest BCUT2D eigenvalue weighted by Crippen LogP contribution is -2.44. The predicted octanol–water partition coefficient (Wildman–Crippen LogP) is 4.69. The number of likely N-dealkylation sites (N-methyl/N-ethyl adjacent to an activating group) is 1. The Bertz CT molecular complexity index is 1540. The average molecular weight is 533 g/mol. The van der Waals surface area contributed by atoms with Crippen LogP contribution in [-0.4, -0.2) is 63.6 Å². The zero-order chi connectivity index (χ0) is 27.1. The normalized spacial score (nSPS) is 16.5. The third-order valence-electron chi connectivity index (χ3n) is 7.41. The molecule has 4 aromatic rings. The number of nitrogen functional groups attached to an aromatic ring is 1. The summed E-state index contributed by atoms with van der Waals surface area (Å²) >= 11 is 0. The highest BCUT2D eigenvalue weighted by molar-refractivity contribution is 6.02. The summed E-state index contributed by atoms with van der Waals surface area (Å²) in [7, 11) is 2.07. The Balaban J connectivity index is 1.14. The Hall–Kier alpha value is -4.09. The van der Waals surface area contributed by atoms with Gasteiger partial charge in [0.25, 0.3) is 0 Å². The number of benzene rings is 2. The monoisotopic (exact) mass is 532 g/mol. The molecule has 1 aliphatic heterocycles. The molecule has 202 valence electrons. The van der Waals surface area contributed by atoms with Gasteiger partial charge < -0.3 is 25.8 Å². The minimum absolute atomic E-state index is 0.00133. The number of anilines is 3. The number of carbonyl (C=O) groups is 1. The maximum absolute atomic E-state index is 15.1. The molecule has 0 bridgehead atoms. The Morgan fingerprint density at radius 3 is 2.54 bits per heavy atom. The Labute approximate surface area is 224 Å². The van der Waals surface area contributed by atoms with E-state index < -0.39 is 17.7 Å². The smallest absolute Gasteiger partial charge is 0.323 e. The molecular weight excluding hydrogens is 502 g/mol. The van der Waals surface area contributed by atoms with Gasteiger partial charge in [0.15, 0.2) is 0 Å². The SMILES string of the molecule is CN1CCN(Cc2ccc(NC(=O)Nc3ccc(-c4cn(C5CC5)c5ncnc(N)c45)cc3F)cc2F)CC1. The summed E-state index contributed by atoms with van der Waals surface area (Å²) in [5, 5.41) is 5.77. The van der Waals surface area contributed by atoms with E-state index >= 15 is 4.39 Å². The second kappa shape index (κ2) is 10.2. The molecule has 39 heavy (non-hydrogen) atoms. The zero-order valence-corrected chi connectivity index (χ0v) is 21.6. The number of nitrogens with one attached hydrogen (secondary N) is 2. The first-order valence-corrected chi connectivity index (χ1v) is 13.0. The van der Waals surface area contributed by atoms with Crippen LogP contribution in [0.15, 0.2) is 48.9 Å². The van der Waals surface area contributed by atoms with Crippen LogP contribution in [0, 0.1) is 11.6 Å². The van der Waals surface area contributed by atoms with Crippen molar-refractivity contribution in [1.29, 1.82) is 0 Å². The second-order valence-electron chi connectivity index (χ2n) is 10.3. The van der Waals surface area contributed by atoms with Crippen LogP contribution in [0.1, 0.15) is 24.4 Å². The molecule has 1 saturated heterocycles. The molecule has 0 atom stereocenters. The summed E-state index contributed by atoms with van der Waals surface area (Å²) in [6.07, 6.45) is 5.48. The maximum atomic E-state index is 15.1. The van der Waals surface area contributed by atoms with E-state index in [9.17, 15) is 9.18 Å². The van der Waals surface area contributed by atoms with E-state index in [0.717, 1.165) is 50.2 Å². The van der Waals surface area contributed by atoms with Crippen LogP contribution >= 0.6 is 0 Å². The zero-order valence-electron chi connectivity index (χ0n) is 21.6. The number of halogens is 2. The van der Waals surface area contributed by atoms with E-state index in [1.165, 1.54) is 24.5 Å². The van der Waals surface area contributed by atoms with Gasteiger partial charge in [-0.05, 0) is 49.7 Å². The molecule has 6 rings (SSSR count). The minimum Gasteiger partial charge on any atom is -0.383 e. The van der Waals surface area contributed by atoms with Crippen molar-refractivity contribution in [3.63, 3.8) is 0 Å². The van der Waals surface area contributed by atoms with Crippen LogP contribution in [0.5, 0.6) is 0 Å². The summed E-state index contributed by atoms with van der Waals surface area (Å²) in [5.74, 6) is -0.673. The third-order valence-corrected chi connectivity index (χ3v) is 7.41. The molecule has 0 spiro atoms. The van der Waals surface area contributed by atoms with Gasteiger partial charge in [-0.2, -0.15) is 0 Å². The first kappa shape index (κ1) is 25.2. The van der Waals surface area contributed by atoms with Gasteiger partial charge in [-0.25, -0.2) is 23.5 Å². The summed E-state index contributed by atoms with van der Waals surface area (Å²) in [6, 6.07) is 8.84. The molecule has 2 fully saturated rings. The third kappa shape index (κ3) is 5.27. The van der Waals surface area contributed by atoms with E-state index in [1.54, 1.807) is 18.2 Å². The maximum Gasteiger partial charge on any atom is 0.323 e. The minimum atomic E-state index is -0.671. The number of piperazine rings is 1. The van der Waals surface area contributed by atoms with Crippen LogP contribution in [0.3, 0.4) is 0 Å². The molecule has 0 unspecified atom stereocenters. The van der Waals surface area contributed by atoms with Gasteiger partial charge in [-0.15, -0.1) is 0 Å². The van der Waals surface area contributed by atoms with Gasteiger partial charge in [-0.1, -0.05) is 12.1 Å². The molecule has 2 aliphatic rings. The number of aromatic nitrogens is 3. The quantitative estimate of drug-likeness (QED) is 0.333. The summed E-state index contributed by atoms with van der Waals surface area (Å²) in [5.41, 5.74) is 9.07. The van der Waals surface area contributed by atoms with Crippen molar-refractivity contribution in [3.05, 3.63) is 66.1 Å². The van der Waals surface area contributed by atoms with E-state index in [0.29, 0.717) is 34.9 Å². The highest BCUT2D eigenvalue weighted by Gasteiger charge is 2.28. The van der Waals surface area contributed by atoms with Crippen molar-refractivity contribution in [2.24, 2.45) is 0 Å². The fourth-order valence-electron chi connectivity index (χ4n) is 5.03. The second-order valence-corrected chi connectivity index (χ2v) is 10.3. The number of hydrogen-bond acceptors (Lipinski definition) is 6. The van der Waals surface area contributed by atoms with Crippen LogP contribution in [-0.2, 0) is 6.54 Å². The number of amides is 2. The fourth-order valence-corrected chi connectivity index (χ4v) is 5.03. The molecule has 2 aromatic heterocycles. The molecule has 1 saturated carbocycles. The molecule has 11 heteroatoms. The standard InChI is InChI=1S/C28H30F2N8O/c1-36-8-10-37(11-9-36)14-18-2-4-19(13-22(18)29)34-28(39)35-24-7-3-17(12-23(24)30)21-15-38(20-5-6-20)27-25(21)26(31)32-16-33-27/h2-4,7,12-13,15-16,20H,5-6,8-11,14H2,1H3,(H2,31,32,33)(H2,34,35,39). The van der Waals surface area contributed by atoms with Gasteiger partial charge >= 0.3 is 6.03 Å². The largest absolute Gasteiger partial charge is 0.383 e. The van der Waals surface area contributed by atoms with Gasteiger partial charge in [-0.3, -0.25) is 4.90 Å². The van der Waals surface area contributed by atoms with E-state index in [1.807, 2.05) is 6.20 Å². The van der Waals surface area contributed by atoms with Crippen LogP contribution < -0.4 is 16.4 Å². The van der Waals surface area contributed by atoms with Crippen LogP contribution in [0.25, 0.3) is 22.2 Å². The Morgan fingerprint density at radius 1 is 1.03 bits per heavy atom. The number of hydrogen-bond donors (Lipinski definition) is 3. The average Bonchev–Trinajstić information content (AvgIpc) is 3.68. The number of nitrogens with zero attached hydrogens (tertiary/aromatic N) is 5. The number of nitrogens with two attached hydrogens (primary N) is 1. The molecule has 2 aromatic carbocycles. The molecule has 0 radical (unpaired) electrons. The highest BCUT2D eigenvalue weighted by atomic mass is 19.1. The first-order valence-electron chi connectivity index (χ1n) is 13.0. The molecule has 1 aliphatic carbocycles.